The molecule has 2 atom stereocenters. The van der Waals surface area contributed by atoms with E-state index in [0.29, 0.717) is 16.8 Å². The molecule has 1 saturated carbocycles. The van der Waals surface area contributed by atoms with Gasteiger partial charge >= 0.3 is 5.76 Å². The molecule has 0 bridgehead atoms. The van der Waals surface area contributed by atoms with Crippen LogP contribution in [0.3, 0.4) is 0 Å². The molecule has 1 heterocycles. The van der Waals surface area contributed by atoms with Crippen molar-refractivity contribution in [2.75, 3.05) is 5.32 Å². The molecule has 0 radical (unpaired) electrons. The Morgan fingerprint density at radius 1 is 1.42 bits per heavy atom. The topological polar surface area (TPSA) is 101 Å². The zero-order valence-corrected chi connectivity index (χ0v) is 10.3. The van der Waals surface area contributed by atoms with Crippen LogP contribution in [0.5, 0.6) is 0 Å². The first-order valence-electron chi connectivity index (χ1n) is 6.33. The number of benzene rings is 1. The van der Waals surface area contributed by atoms with Crippen LogP contribution in [0.2, 0.25) is 0 Å². The molecule has 19 heavy (non-hydrogen) atoms. The highest BCUT2D eigenvalue weighted by molar-refractivity contribution is 5.94. The molecule has 2 unspecified atom stereocenters. The van der Waals surface area contributed by atoms with E-state index < -0.39 is 5.76 Å². The van der Waals surface area contributed by atoms with Crippen LogP contribution in [0.15, 0.2) is 27.4 Å². The number of H-pyrrole nitrogens is 1. The van der Waals surface area contributed by atoms with Crippen LogP contribution in [0.1, 0.15) is 19.3 Å². The fourth-order valence-electron chi connectivity index (χ4n) is 2.58. The summed E-state index contributed by atoms with van der Waals surface area (Å²) in [6.07, 6.45) is 2.72. The van der Waals surface area contributed by atoms with Crippen molar-refractivity contribution in [3.63, 3.8) is 0 Å². The van der Waals surface area contributed by atoms with Crippen molar-refractivity contribution in [3.8, 4) is 0 Å². The van der Waals surface area contributed by atoms with Crippen molar-refractivity contribution >= 4 is 22.7 Å². The van der Waals surface area contributed by atoms with Gasteiger partial charge in [-0.05, 0) is 31.0 Å². The molecule has 1 aliphatic carbocycles. The van der Waals surface area contributed by atoms with E-state index in [1.807, 2.05) is 0 Å². The van der Waals surface area contributed by atoms with Crippen LogP contribution < -0.4 is 16.8 Å². The molecule has 4 N–H and O–H groups in total. The number of amides is 1. The fraction of sp³-hybridized carbons (Fsp3) is 0.385. The minimum absolute atomic E-state index is 0.0579. The number of hydrogen-bond acceptors (Lipinski definition) is 4. The lowest BCUT2D eigenvalue weighted by molar-refractivity contribution is -0.120. The van der Waals surface area contributed by atoms with E-state index in [4.69, 9.17) is 10.2 Å². The number of carbonyl (C=O) groups is 1. The van der Waals surface area contributed by atoms with Crippen molar-refractivity contribution < 1.29 is 9.21 Å². The standard InChI is InChI=1S/C13H15N3O3/c14-9-3-1-2-8(9)12(17)15-7-4-5-11-10(6-7)16-13(18)19-11/h4-6,8-9H,1-3,14H2,(H,15,17)(H,16,18). The molecule has 1 aliphatic rings. The second kappa shape index (κ2) is 4.55. The Hall–Kier alpha value is -2.08. The minimum Gasteiger partial charge on any atom is -0.408 e. The molecular formula is C13H15N3O3. The number of carbonyl (C=O) groups excluding carboxylic acids is 1. The van der Waals surface area contributed by atoms with Gasteiger partial charge in [-0.2, -0.15) is 0 Å². The third kappa shape index (κ3) is 2.26. The van der Waals surface area contributed by atoms with Crippen LogP contribution in [-0.2, 0) is 4.79 Å². The predicted octanol–water partition coefficient (Wildman–Crippen LogP) is 1.19. The molecule has 100 valence electrons. The third-order valence-corrected chi connectivity index (χ3v) is 3.59. The Kier molecular flexibility index (Phi) is 2.87. The lowest BCUT2D eigenvalue weighted by atomic mass is 10.0. The van der Waals surface area contributed by atoms with Crippen LogP contribution in [0.25, 0.3) is 11.1 Å². The quantitative estimate of drug-likeness (QED) is 0.755. The molecule has 3 rings (SSSR count). The molecule has 1 aromatic heterocycles. The summed E-state index contributed by atoms with van der Waals surface area (Å²) in [5.41, 5.74) is 7.58. The zero-order chi connectivity index (χ0) is 13.4. The molecular weight excluding hydrogens is 246 g/mol. The lowest BCUT2D eigenvalue weighted by Gasteiger charge is -2.14. The first-order chi connectivity index (χ1) is 9.13. The molecule has 1 aromatic carbocycles. The number of rotatable bonds is 2. The van der Waals surface area contributed by atoms with E-state index in [-0.39, 0.29) is 17.9 Å². The summed E-state index contributed by atoms with van der Waals surface area (Å²) in [4.78, 5) is 25.7. The molecule has 0 saturated heterocycles. The SMILES string of the molecule is NC1CCCC1C(=O)Nc1ccc2oc(=O)[nH]c2c1. The average Bonchev–Trinajstić information content (AvgIpc) is 2.93. The minimum atomic E-state index is -0.503. The summed E-state index contributed by atoms with van der Waals surface area (Å²) in [6.45, 7) is 0. The van der Waals surface area contributed by atoms with Gasteiger partial charge in [-0.25, -0.2) is 4.79 Å². The largest absolute Gasteiger partial charge is 0.417 e. The van der Waals surface area contributed by atoms with Gasteiger partial charge in [-0.3, -0.25) is 9.78 Å². The van der Waals surface area contributed by atoms with Crippen molar-refractivity contribution in [2.45, 2.75) is 25.3 Å². The van der Waals surface area contributed by atoms with Crippen molar-refractivity contribution in [2.24, 2.45) is 11.7 Å². The molecule has 2 aromatic rings. The lowest BCUT2D eigenvalue weighted by Crippen LogP contribution is -2.34. The Balaban J connectivity index is 1.80. The summed E-state index contributed by atoms with van der Waals surface area (Å²) < 4.78 is 4.90. The maximum Gasteiger partial charge on any atom is 0.417 e. The maximum atomic E-state index is 12.1. The number of nitrogens with one attached hydrogen (secondary N) is 2. The van der Waals surface area contributed by atoms with Gasteiger partial charge in [0, 0.05) is 11.7 Å². The van der Waals surface area contributed by atoms with E-state index in [9.17, 15) is 9.59 Å². The number of nitrogens with two attached hydrogens (primary N) is 1. The molecule has 0 aliphatic heterocycles. The summed E-state index contributed by atoms with van der Waals surface area (Å²) >= 11 is 0. The van der Waals surface area contributed by atoms with Gasteiger partial charge in [-0.1, -0.05) is 6.42 Å². The molecule has 1 amide bonds. The van der Waals surface area contributed by atoms with Crippen molar-refractivity contribution in [1.29, 1.82) is 0 Å². The number of anilines is 1. The van der Waals surface area contributed by atoms with Crippen LogP contribution >= 0.6 is 0 Å². The number of oxazole rings is 1. The molecule has 6 nitrogen and oxygen atoms in total. The van der Waals surface area contributed by atoms with Gasteiger partial charge in [0.05, 0.1) is 11.4 Å². The highest BCUT2D eigenvalue weighted by Crippen LogP contribution is 2.25. The summed E-state index contributed by atoms with van der Waals surface area (Å²) in [7, 11) is 0. The normalized spacial score (nSPS) is 22.8. The Labute approximate surface area is 109 Å². The van der Waals surface area contributed by atoms with E-state index >= 15 is 0 Å². The Morgan fingerprint density at radius 3 is 3.00 bits per heavy atom. The number of aromatic amines is 1. The number of fused-ring (bicyclic) bond motifs is 1. The van der Waals surface area contributed by atoms with Gasteiger partial charge in [0.1, 0.15) is 0 Å². The first kappa shape index (κ1) is 12.0. The van der Waals surface area contributed by atoms with E-state index in [0.717, 1.165) is 19.3 Å². The van der Waals surface area contributed by atoms with Crippen LogP contribution in [0, 0.1) is 5.92 Å². The summed E-state index contributed by atoms with van der Waals surface area (Å²) in [6, 6.07) is 4.98. The smallest absolute Gasteiger partial charge is 0.408 e. The van der Waals surface area contributed by atoms with Crippen LogP contribution in [-0.4, -0.2) is 16.9 Å². The average molecular weight is 261 g/mol. The van der Waals surface area contributed by atoms with E-state index in [1.54, 1.807) is 18.2 Å². The monoisotopic (exact) mass is 261 g/mol. The molecule has 0 spiro atoms. The maximum absolute atomic E-state index is 12.1. The van der Waals surface area contributed by atoms with Crippen LogP contribution in [0.4, 0.5) is 5.69 Å². The number of aromatic nitrogens is 1. The number of hydrogen-bond donors (Lipinski definition) is 3. The Morgan fingerprint density at radius 2 is 2.26 bits per heavy atom. The van der Waals surface area contributed by atoms with E-state index in [2.05, 4.69) is 10.3 Å². The van der Waals surface area contributed by atoms with Gasteiger partial charge in [0.25, 0.3) is 0 Å². The molecule has 1 fully saturated rings. The third-order valence-electron chi connectivity index (χ3n) is 3.59. The molecule has 6 heteroatoms. The van der Waals surface area contributed by atoms with Crippen molar-refractivity contribution in [3.05, 3.63) is 28.7 Å². The van der Waals surface area contributed by atoms with Gasteiger partial charge < -0.3 is 15.5 Å². The zero-order valence-electron chi connectivity index (χ0n) is 10.3. The Bertz CT molecular complexity index is 673. The fourth-order valence-corrected chi connectivity index (χ4v) is 2.58. The second-order valence-corrected chi connectivity index (χ2v) is 4.92. The summed E-state index contributed by atoms with van der Waals surface area (Å²) in [5.74, 6) is -0.689. The van der Waals surface area contributed by atoms with Gasteiger partial charge in [0.15, 0.2) is 5.58 Å². The first-order valence-corrected chi connectivity index (χ1v) is 6.33. The predicted molar refractivity (Wildman–Crippen MR) is 70.8 cm³/mol. The highest BCUT2D eigenvalue weighted by Gasteiger charge is 2.30. The highest BCUT2D eigenvalue weighted by atomic mass is 16.4. The van der Waals surface area contributed by atoms with E-state index in [1.165, 1.54) is 0 Å². The van der Waals surface area contributed by atoms with Crippen molar-refractivity contribution in [1.82, 2.24) is 4.98 Å². The van der Waals surface area contributed by atoms with Gasteiger partial charge in [-0.15, -0.1) is 0 Å². The summed E-state index contributed by atoms with van der Waals surface area (Å²) in [5, 5.41) is 2.83. The van der Waals surface area contributed by atoms with Gasteiger partial charge in [0.2, 0.25) is 5.91 Å². The second-order valence-electron chi connectivity index (χ2n) is 4.92.